The quantitative estimate of drug-likeness (QED) is 0.708. The average Bonchev–Trinajstić information content (AvgIpc) is 3.04. The van der Waals surface area contributed by atoms with Gasteiger partial charge in [0.1, 0.15) is 11.9 Å². The molecule has 0 aromatic heterocycles. The second-order valence-corrected chi connectivity index (χ2v) is 5.76. The second-order valence-electron chi connectivity index (χ2n) is 5.76. The van der Waals surface area contributed by atoms with Gasteiger partial charge in [-0.1, -0.05) is 6.92 Å². The van der Waals surface area contributed by atoms with Gasteiger partial charge >= 0.3 is 6.09 Å². The van der Waals surface area contributed by atoms with E-state index in [9.17, 15) is 9.59 Å². The molecule has 0 radical (unpaired) electrons. The molecule has 0 aromatic rings. The van der Waals surface area contributed by atoms with Crippen LogP contribution in [0.5, 0.6) is 0 Å². The molecule has 5 nitrogen and oxygen atoms in total. The van der Waals surface area contributed by atoms with Gasteiger partial charge in [0, 0.05) is 6.04 Å². The largest absolute Gasteiger partial charge is 0.444 e. The monoisotopic (exact) mass is 256 g/mol. The van der Waals surface area contributed by atoms with Gasteiger partial charge in [0.05, 0.1) is 12.1 Å². The smallest absolute Gasteiger partial charge is 0.407 e. The standard InChI is InChI=1S/C13H24N2O3/c1-5-10(11(8-16)14-9-6-7-9)15-12(17)18-13(2,3)4/h8-11,14H,5-7H2,1-4H3,(H,15,17)/t10-,11?/m0/s1. The van der Waals surface area contributed by atoms with E-state index in [4.69, 9.17) is 4.74 Å². The first-order valence-electron chi connectivity index (χ1n) is 6.56. The van der Waals surface area contributed by atoms with Gasteiger partial charge in [0.25, 0.3) is 0 Å². The van der Waals surface area contributed by atoms with E-state index in [2.05, 4.69) is 10.6 Å². The number of carbonyl (C=O) groups is 2. The first kappa shape index (κ1) is 15.0. The molecule has 0 aliphatic heterocycles. The summed E-state index contributed by atoms with van der Waals surface area (Å²) < 4.78 is 5.19. The minimum Gasteiger partial charge on any atom is -0.444 e. The molecular weight excluding hydrogens is 232 g/mol. The Labute approximate surface area is 109 Å². The van der Waals surface area contributed by atoms with Crippen molar-refractivity contribution in [1.82, 2.24) is 10.6 Å². The number of aldehydes is 1. The highest BCUT2D eigenvalue weighted by atomic mass is 16.6. The van der Waals surface area contributed by atoms with E-state index in [1.807, 2.05) is 27.7 Å². The van der Waals surface area contributed by atoms with Crippen LogP contribution in [-0.4, -0.2) is 36.1 Å². The zero-order valence-electron chi connectivity index (χ0n) is 11.7. The maximum absolute atomic E-state index is 11.7. The van der Waals surface area contributed by atoms with Gasteiger partial charge in [-0.15, -0.1) is 0 Å². The van der Waals surface area contributed by atoms with Crippen LogP contribution in [0.1, 0.15) is 47.0 Å². The Kier molecular flexibility index (Phi) is 5.14. The Morgan fingerprint density at radius 1 is 1.44 bits per heavy atom. The summed E-state index contributed by atoms with van der Waals surface area (Å²) in [7, 11) is 0. The minimum absolute atomic E-state index is 0.224. The first-order valence-corrected chi connectivity index (χ1v) is 6.56. The molecule has 1 aliphatic carbocycles. The van der Waals surface area contributed by atoms with Crippen LogP contribution in [0.4, 0.5) is 4.79 Å². The van der Waals surface area contributed by atoms with Crippen LogP contribution in [-0.2, 0) is 9.53 Å². The van der Waals surface area contributed by atoms with E-state index in [0.717, 1.165) is 19.1 Å². The lowest BCUT2D eigenvalue weighted by molar-refractivity contribution is -0.110. The van der Waals surface area contributed by atoms with Crippen molar-refractivity contribution in [2.75, 3.05) is 0 Å². The normalized spacial score (nSPS) is 18.9. The van der Waals surface area contributed by atoms with E-state index in [1.54, 1.807) is 0 Å². The zero-order valence-corrected chi connectivity index (χ0v) is 11.7. The lowest BCUT2D eigenvalue weighted by Crippen LogP contribution is -2.52. The predicted molar refractivity (Wildman–Crippen MR) is 69.5 cm³/mol. The molecule has 104 valence electrons. The van der Waals surface area contributed by atoms with Crippen LogP contribution in [0.3, 0.4) is 0 Å². The third-order valence-corrected chi connectivity index (χ3v) is 2.73. The molecular formula is C13H24N2O3. The Morgan fingerprint density at radius 2 is 2.06 bits per heavy atom. The molecule has 2 N–H and O–H groups in total. The second kappa shape index (κ2) is 6.18. The molecule has 1 fully saturated rings. The van der Waals surface area contributed by atoms with Gasteiger partial charge in [0.15, 0.2) is 0 Å². The fraction of sp³-hybridized carbons (Fsp3) is 0.846. The van der Waals surface area contributed by atoms with Crippen molar-refractivity contribution in [3.8, 4) is 0 Å². The summed E-state index contributed by atoms with van der Waals surface area (Å²) in [6.07, 6.45) is 3.28. The van der Waals surface area contributed by atoms with Gasteiger partial charge in [-0.05, 0) is 40.0 Å². The van der Waals surface area contributed by atoms with Crippen LogP contribution < -0.4 is 10.6 Å². The predicted octanol–water partition coefficient (Wildman–Crippen LogP) is 1.61. The summed E-state index contributed by atoms with van der Waals surface area (Å²) in [6.45, 7) is 7.38. The van der Waals surface area contributed by atoms with E-state index in [0.29, 0.717) is 12.5 Å². The number of nitrogens with one attached hydrogen (secondary N) is 2. The van der Waals surface area contributed by atoms with E-state index < -0.39 is 11.7 Å². The maximum Gasteiger partial charge on any atom is 0.407 e. The zero-order chi connectivity index (χ0) is 13.8. The van der Waals surface area contributed by atoms with Crippen LogP contribution >= 0.6 is 0 Å². The summed E-state index contributed by atoms with van der Waals surface area (Å²) in [5.74, 6) is 0. The Bertz CT molecular complexity index is 295. The van der Waals surface area contributed by atoms with Crippen molar-refractivity contribution in [2.45, 2.75) is 70.7 Å². The van der Waals surface area contributed by atoms with Gasteiger partial charge in [-0.25, -0.2) is 4.79 Å². The summed E-state index contributed by atoms with van der Waals surface area (Å²) in [5, 5.41) is 5.97. The first-order chi connectivity index (χ1) is 8.35. The Morgan fingerprint density at radius 3 is 2.44 bits per heavy atom. The van der Waals surface area contributed by atoms with Crippen LogP contribution in [0.2, 0.25) is 0 Å². The fourth-order valence-corrected chi connectivity index (χ4v) is 1.68. The third-order valence-electron chi connectivity index (χ3n) is 2.73. The van der Waals surface area contributed by atoms with E-state index in [1.165, 1.54) is 0 Å². The average molecular weight is 256 g/mol. The molecule has 0 bridgehead atoms. The third kappa shape index (κ3) is 5.49. The number of carbonyl (C=O) groups excluding carboxylic acids is 2. The number of ether oxygens (including phenoxy) is 1. The van der Waals surface area contributed by atoms with Crippen molar-refractivity contribution < 1.29 is 14.3 Å². The molecule has 1 amide bonds. The van der Waals surface area contributed by atoms with Gasteiger partial charge in [-0.3, -0.25) is 0 Å². The highest BCUT2D eigenvalue weighted by Crippen LogP contribution is 2.20. The van der Waals surface area contributed by atoms with Gasteiger partial charge in [0.2, 0.25) is 0 Å². The molecule has 2 atom stereocenters. The minimum atomic E-state index is -0.525. The molecule has 1 unspecified atom stereocenters. The highest BCUT2D eigenvalue weighted by molar-refractivity contribution is 5.70. The van der Waals surface area contributed by atoms with Crippen LogP contribution in [0.25, 0.3) is 0 Å². The fourth-order valence-electron chi connectivity index (χ4n) is 1.68. The van der Waals surface area contributed by atoms with Crippen molar-refractivity contribution in [1.29, 1.82) is 0 Å². The molecule has 5 heteroatoms. The number of amides is 1. The maximum atomic E-state index is 11.7. The highest BCUT2D eigenvalue weighted by Gasteiger charge is 2.30. The molecule has 18 heavy (non-hydrogen) atoms. The number of hydrogen-bond acceptors (Lipinski definition) is 4. The van der Waals surface area contributed by atoms with Crippen molar-refractivity contribution in [3.63, 3.8) is 0 Å². The summed E-state index contributed by atoms with van der Waals surface area (Å²) in [6, 6.07) is -0.136. The molecule has 0 heterocycles. The van der Waals surface area contributed by atoms with Crippen molar-refractivity contribution >= 4 is 12.4 Å². The topological polar surface area (TPSA) is 67.4 Å². The Balaban J connectivity index is 2.47. The molecule has 1 aliphatic rings. The summed E-state index contributed by atoms with van der Waals surface area (Å²) in [4.78, 5) is 22.8. The molecule has 1 rings (SSSR count). The molecule has 0 aromatic carbocycles. The number of hydrogen-bond donors (Lipinski definition) is 2. The van der Waals surface area contributed by atoms with E-state index in [-0.39, 0.29) is 12.1 Å². The number of rotatable bonds is 6. The summed E-state index contributed by atoms with van der Waals surface area (Å²) >= 11 is 0. The van der Waals surface area contributed by atoms with E-state index >= 15 is 0 Å². The lowest BCUT2D eigenvalue weighted by Gasteiger charge is -2.26. The molecule has 0 spiro atoms. The van der Waals surface area contributed by atoms with Gasteiger partial charge in [-0.2, -0.15) is 0 Å². The summed E-state index contributed by atoms with van der Waals surface area (Å²) in [5.41, 5.74) is -0.525. The number of alkyl carbamates (subject to hydrolysis) is 1. The lowest BCUT2D eigenvalue weighted by atomic mass is 10.1. The van der Waals surface area contributed by atoms with Crippen molar-refractivity contribution in [2.24, 2.45) is 0 Å². The molecule has 1 saturated carbocycles. The Hall–Kier alpha value is -1.10. The molecule has 0 saturated heterocycles. The van der Waals surface area contributed by atoms with Crippen LogP contribution in [0.15, 0.2) is 0 Å². The SMILES string of the molecule is CC[C@H](NC(=O)OC(C)(C)C)C(C=O)NC1CC1. The van der Waals surface area contributed by atoms with Gasteiger partial charge < -0.3 is 20.2 Å². The van der Waals surface area contributed by atoms with Crippen molar-refractivity contribution in [3.05, 3.63) is 0 Å². The van der Waals surface area contributed by atoms with Crippen LogP contribution in [0, 0.1) is 0 Å².